The molecule has 16 heavy (non-hydrogen) atoms. The zero-order valence-electron chi connectivity index (χ0n) is 9.07. The monoisotopic (exact) mass is 278 g/mol. The molecule has 0 radical (unpaired) electrons. The van der Waals surface area contributed by atoms with E-state index in [0.717, 1.165) is 15.9 Å². The first-order chi connectivity index (χ1) is 7.58. The topological polar surface area (TPSA) is 32.7 Å². The standard InChI is InChI=1S/C12H11BrN2O/c1-8-14-11(12(16)15(8)2)7-9-4-3-5-10(13)6-9/h3-7H,1-2H3/b11-7+. The summed E-state index contributed by atoms with van der Waals surface area (Å²) in [6.07, 6.45) is 1.79. The Balaban J connectivity index is 2.36. The molecule has 4 heteroatoms. The van der Waals surface area contributed by atoms with Gasteiger partial charge in [0.05, 0.1) is 0 Å². The second kappa shape index (κ2) is 4.22. The van der Waals surface area contributed by atoms with Crippen LogP contribution in [0.1, 0.15) is 12.5 Å². The van der Waals surface area contributed by atoms with E-state index in [-0.39, 0.29) is 5.91 Å². The van der Waals surface area contributed by atoms with Crippen LogP contribution in [0.4, 0.5) is 0 Å². The Morgan fingerprint density at radius 2 is 2.19 bits per heavy atom. The number of likely N-dealkylation sites (N-methyl/N-ethyl adjacent to an activating group) is 1. The Morgan fingerprint density at radius 3 is 2.75 bits per heavy atom. The second-order valence-electron chi connectivity index (χ2n) is 3.61. The first-order valence-corrected chi connectivity index (χ1v) is 5.68. The molecule has 1 aromatic carbocycles. The van der Waals surface area contributed by atoms with Gasteiger partial charge in [0, 0.05) is 11.5 Å². The number of benzene rings is 1. The summed E-state index contributed by atoms with van der Waals surface area (Å²) in [4.78, 5) is 17.5. The molecule has 0 aliphatic carbocycles. The molecule has 3 nitrogen and oxygen atoms in total. The van der Waals surface area contributed by atoms with Gasteiger partial charge in [0.25, 0.3) is 5.91 Å². The van der Waals surface area contributed by atoms with Crippen LogP contribution in [0, 0.1) is 0 Å². The highest BCUT2D eigenvalue weighted by Gasteiger charge is 2.23. The Morgan fingerprint density at radius 1 is 1.44 bits per heavy atom. The van der Waals surface area contributed by atoms with Crippen molar-refractivity contribution in [1.29, 1.82) is 0 Å². The molecule has 0 saturated heterocycles. The van der Waals surface area contributed by atoms with Crippen molar-refractivity contribution in [3.63, 3.8) is 0 Å². The first kappa shape index (κ1) is 11.1. The molecule has 2 rings (SSSR count). The highest BCUT2D eigenvalue weighted by molar-refractivity contribution is 9.10. The van der Waals surface area contributed by atoms with Gasteiger partial charge in [-0.05, 0) is 30.7 Å². The van der Waals surface area contributed by atoms with Crippen LogP contribution in [0.5, 0.6) is 0 Å². The predicted octanol–water partition coefficient (Wildman–Crippen LogP) is 2.68. The summed E-state index contributed by atoms with van der Waals surface area (Å²) in [6.45, 7) is 1.82. The lowest BCUT2D eigenvalue weighted by Gasteiger charge is -2.05. The fraction of sp³-hybridized carbons (Fsp3) is 0.167. The Kier molecular flexibility index (Phi) is 2.92. The van der Waals surface area contributed by atoms with Gasteiger partial charge in [-0.15, -0.1) is 0 Å². The van der Waals surface area contributed by atoms with E-state index in [2.05, 4.69) is 20.9 Å². The van der Waals surface area contributed by atoms with Gasteiger partial charge in [0.2, 0.25) is 0 Å². The number of carbonyl (C=O) groups is 1. The zero-order valence-corrected chi connectivity index (χ0v) is 10.7. The van der Waals surface area contributed by atoms with Crippen molar-refractivity contribution in [1.82, 2.24) is 4.90 Å². The van der Waals surface area contributed by atoms with E-state index in [9.17, 15) is 4.79 Å². The van der Waals surface area contributed by atoms with Gasteiger partial charge >= 0.3 is 0 Å². The Bertz CT molecular complexity index is 505. The van der Waals surface area contributed by atoms with Gasteiger partial charge in [-0.1, -0.05) is 28.1 Å². The molecule has 0 unspecified atom stereocenters. The van der Waals surface area contributed by atoms with Crippen LogP contribution in [0.3, 0.4) is 0 Å². The van der Waals surface area contributed by atoms with Crippen LogP contribution >= 0.6 is 15.9 Å². The number of amides is 1. The molecule has 1 aromatic rings. The second-order valence-corrected chi connectivity index (χ2v) is 4.52. The van der Waals surface area contributed by atoms with Crippen molar-refractivity contribution in [2.24, 2.45) is 4.99 Å². The van der Waals surface area contributed by atoms with Crippen LogP contribution in [-0.4, -0.2) is 23.7 Å². The molecule has 1 heterocycles. The first-order valence-electron chi connectivity index (χ1n) is 4.88. The molecule has 0 bridgehead atoms. The maximum Gasteiger partial charge on any atom is 0.277 e. The Labute approximate surface area is 103 Å². The molecule has 0 fully saturated rings. The average Bonchev–Trinajstić information content (AvgIpc) is 2.47. The smallest absolute Gasteiger partial charge is 0.277 e. The minimum atomic E-state index is -0.0579. The van der Waals surface area contributed by atoms with Crippen molar-refractivity contribution in [3.05, 3.63) is 40.0 Å². The van der Waals surface area contributed by atoms with E-state index >= 15 is 0 Å². The fourth-order valence-electron chi connectivity index (χ4n) is 1.46. The van der Waals surface area contributed by atoms with Gasteiger partial charge < -0.3 is 0 Å². The maximum atomic E-state index is 11.7. The van der Waals surface area contributed by atoms with Crippen molar-refractivity contribution in [2.45, 2.75) is 6.92 Å². The SMILES string of the molecule is CC1=N/C(=C/c2cccc(Br)c2)C(=O)N1C. The number of hydrogen-bond acceptors (Lipinski definition) is 2. The van der Waals surface area contributed by atoms with Gasteiger partial charge in [-0.2, -0.15) is 0 Å². The maximum absolute atomic E-state index is 11.7. The summed E-state index contributed by atoms with van der Waals surface area (Å²) >= 11 is 3.39. The van der Waals surface area contributed by atoms with Crippen LogP contribution in [0.2, 0.25) is 0 Å². The van der Waals surface area contributed by atoms with E-state index in [1.807, 2.05) is 31.2 Å². The van der Waals surface area contributed by atoms with Crippen LogP contribution < -0.4 is 0 Å². The highest BCUT2D eigenvalue weighted by Crippen LogP contribution is 2.19. The third-order valence-corrected chi connectivity index (χ3v) is 2.94. The largest absolute Gasteiger partial charge is 0.298 e. The summed E-state index contributed by atoms with van der Waals surface area (Å²) in [6, 6.07) is 7.76. The summed E-state index contributed by atoms with van der Waals surface area (Å²) in [5, 5.41) is 0. The number of rotatable bonds is 1. The lowest BCUT2D eigenvalue weighted by molar-refractivity contribution is -0.121. The lowest BCUT2D eigenvalue weighted by Crippen LogP contribution is -2.25. The molecule has 0 aromatic heterocycles. The molecule has 0 atom stereocenters. The predicted molar refractivity (Wildman–Crippen MR) is 68.0 cm³/mol. The zero-order chi connectivity index (χ0) is 11.7. The minimum Gasteiger partial charge on any atom is -0.298 e. The molecule has 1 amide bonds. The molecule has 0 N–H and O–H groups in total. The van der Waals surface area contributed by atoms with E-state index in [4.69, 9.17) is 0 Å². The number of halogens is 1. The summed E-state index contributed by atoms with van der Waals surface area (Å²) < 4.78 is 0.987. The van der Waals surface area contributed by atoms with Gasteiger partial charge in [0.1, 0.15) is 11.5 Å². The summed E-state index contributed by atoms with van der Waals surface area (Å²) in [5.41, 5.74) is 1.45. The fourth-order valence-corrected chi connectivity index (χ4v) is 1.88. The number of hydrogen-bond donors (Lipinski definition) is 0. The van der Waals surface area contributed by atoms with Crippen LogP contribution in [-0.2, 0) is 4.79 Å². The molecular formula is C12H11BrN2O. The number of nitrogens with zero attached hydrogens (tertiary/aromatic N) is 2. The molecule has 82 valence electrons. The van der Waals surface area contributed by atoms with E-state index in [1.165, 1.54) is 0 Å². The molecular weight excluding hydrogens is 268 g/mol. The van der Waals surface area contributed by atoms with Crippen LogP contribution in [0.15, 0.2) is 39.4 Å². The van der Waals surface area contributed by atoms with Gasteiger partial charge in [0.15, 0.2) is 0 Å². The summed E-state index contributed by atoms with van der Waals surface area (Å²) in [5.74, 6) is 0.670. The van der Waals surface area contributed by atoms with Crippen molar-refractivity contribution < 1.29 is 4.79 Å². The summed E-state index contributed by atoms with van der Waals surface area (Å²) in [7, 11) is 1.73. The van der Waals surface area contributed by atoms with Gasteiger partial charge in [-0.3, -0.25) is 9.69 Å². The number of aliphatic imine (C=N–C) groups is 1. The average molecular weight is 279 g/mol. The normalized spacial score (nSPS) is 18.2. The van der Waals surface area contributed by atoms with Crippen LogP contribution in [0.25, 0.3) is 6.08 Å². The molecule has 0 saturated carbocycles. The Hall–Kier alpha value is -1.42. The van der Waals surface area contributed by atoms with E-state index < -0.39 is 0 Å². The van der Waals surface area contributed by atoms with Crippen molar-refractivity contribution in [3.8, 4) is 0 Å². The third-order valence-electron chi connectivity index (χ3n) is 2.44. The van der Waals surface area contributed by atoms with Gasteiger partial charge in [-0.25, -0.2) is 4.99 Å². The van der Waals surface area contributed by atoms with Crippen molar-refractivity contribution >= 4 is 33.7 Å². The lowest BCUT2D eigenvalue weighted by atomic mass is 10.2. The molecule has 0 spiro atoms. The molecule has 1 aliphatic heterocycles. The number of amidine groups is 1. The van der Waals surface area contributed by atoms with Crippen molar-refractivity contribution in [2.75, 3.05) is 7.05 Å². The third kappa shape index (κ3) is 2.07. The molecule has 1 aliphatic rings. The van der Waals surface area contributed by atoms with E-state index in [0.29, 0.717) is 5.70 Å². The highest BCUT2D eigenvalue weighted by atomic mass is 79.9. The quantitative estimate of drug-likeness (QED) is 0.727. The van der Waals surface area contributed by atoms with E-state index in [1.54, 1.807) is 18.0 Å². The number of carbonyl (C=O) groups excluding carboxylic acids is 1. The minimum absolute atomic E-state index is 0.0579.